The highest BCUT2D eigenvalue weighted by molar-refractivity contribution is 5.58. The molecule has 12 heavy (non-hydrogen) atoms. The van der Waals surface area contributed by atoms with E-state index >= 15 is 0 Å². The Bertz CT molecular complexity index is 126. The Morgan fingerprint density at radius 3 is 2.58 bits per heavy atom. The van der Waals surface area contributed by atoms with Crippen molar-refractivity contribution in [3.8, 4) is 0 Å². The maximum atomic E-state index is 11.7. The van der Waals surface area contributed by atoms with Gasteiger partial charge in [-0.25, -0.2) is 4.79 Å². The normalized spacial score (nSPS) is 12.6. The quantitative estimate of drug-likeness (QED) is 0.457. The minimum absolute atomic E-state index is 0.278. The monoisotopic (exact) mass is 176 g/mol. The molecule has 0 aliphatic carbocycles. The molecule has 0 spiro atoms. The lowest BCUT2D eigenvalue weighted by Gasteiger charge is -2.08. The fraction of sp³-hybridized carbons (Fsp3) is 0.889. The summed E-state index contributed by atoms with van der Waals surface area (Å²) in [5.74, 6) is 0. The van der Waals surface area contributed by atoms with Gasteiger partial charge in [-0.1, -0.05) is 26.2 Å². The predicted octanol–water partition coefficient (Wildman–Crippen LogP) is 3.45. The Kier molecular flexibility index (Phi) is 6.72. The molecule has 72 valence electrons. The second-order valence-corrected chi connectivity index (χ2v) is 3.02. The maximum absolute atomic E-state index is 11.7. The van der Waals surface area contributed by atoms with Crippen molar-refractivity contribution < 1.29 is 13.9 Å². The third kappa shape index (κ3) is 7.51. The fourth-order valence-corrected chi connectivity index (χ4v) is 1.08. The molecule has 1 unspecified atom stereocenters. The number of ether oxygens (including phenoxy) is 1. The summed E-state index contributed by atoms with van der Waals surface area (Å²) in [6.45, 7) is 3.84. The van der Waals surface area contributed by atoms with Crippen LogP contribution in [0.2, 0.25) is 0 Å². The first-order chi connectivity index (χ1) is 5.66. The van der Waals surface area contributed by atoms with E-state index in [0.29, 0.717) is 0 Å². The van der Waals surface area contributed by atoms with Gasteiger partial charge < -0.3 is 4.74 Å². The van der Waals surface area contributed by atoms with Crippen molar-refractivity contribution in [2.45, 2.75) is 52.1 Å². The molecule has 0 aromatic heterocycles. The molecule has 0 N–H and O–H groups in total. The van der Waals surface area contributed by atoms with Crippen LogP contribution in [-0.4, -0.2) is 12.3 Å². The molecule has 0 aromatic rings. The summed E-state index contributed by atoms with van der Waals surface area (Å²) >= 11 is 0. The summed E-state index contributed by atoms with van der Waals surface area (Å²) in [6.07, 6.45) is 3.31. The van der Waals surface area contributed by atoms with Crippen LogP contribution >= 0.6 is 0 Å². The van der Waals surface area contributed by atoms with E-state index in [1.165, 1.54) is 12.8 Å². The van der Waals surface area contributed by atoms with E-state index in [0.717, 1.165) is 19.3 Å². The molecule has 0 heterocycles. The van der Waals surface area contributed by atoms with E-state index in [9.17, 15) is 9.18 Å². The topological polar surface area (TPSA) is 26.3 Å². The van der Waals surface area contributed by atoms with Gasteiger partial charge in [0.05, 0.1) is 0 Å². The Labute approximate surface area is 73.1 Å². The lowest BCUT2D eigenvalue weighted by Crippen LogP contribution is -2.09. The van der Waals surface area contributed by atoms with Gasteiger partial charge in [0.25, 0.3) is 0 Å². The van der Waals surface area contributed by atoms with Crippen molar-refractivity contribution in [3.05, 3.63) is 0 Å². The van der Waals surface area contributed by atoms with Crippen molar-refractivity contribution in [2.24, 2.45) is 0 Å². The molecule has 3 heteroatoms. The minimum Gasteiger partial charge on any atom is -0.437 e. The van der Waals surface area contributed by atoms with Crippen LogP contribution in [0.5, 0.6) is 0 Å². The number of halogens is 1. The Hall–Kier alpha value is -0.600. The van der Waals surface area contributed by atoms with Gasteiger partial charge in [-0.05, 0) is 19.8 Å². The van der Waals surface area contributed by atoms with Crippen molar-refractivity contribution >= 4 is 6.22 Å². The third-order valence-electron chi connectivity index (χ3n) is 1.76. The zero-order valence-corrected chi connectivity index (χ0v) is 7.81. The molecule has 0 aliphatic rings. The van der Waals surface area contributed by atoms with E-state index in [-0.39, 0.29) is 6.10 Å². The first-order valence-electron chi connectivity index (χ1n) is 4.53. The van der Waals surface area contributed by atoms with E-state index in [2.05, 4.69) is 11.7 Å². The lowest BCUT2D eigenvalue weighted by atomic mass is 10.1. The van der Waals surface area contributed by atoms with Crippen LogP contribution in [-0.2, 0) is 4.74 Å². The zero-order chi connectivity index (χ0) is 9.40. The second kappa shape index (κ2) is 7.07. The SMILES string of the molecule is CCCCCCC(C)OC(=O)F. The first-order valence-corrected chi connectivity index (χ1v) is 4.53. The summed E-state index contributed by atoms with van der Waals surface area (Å²) in [5, 5.41) is 0. The molecule has 0 aromatic carbocycles. The Balaban J connectivity index is 3.19. The molecule has 1 atom stereocenters. The molecule has 0 rings (SSSR count). The van der Waals surface area contributed by atoms with Crippen LogP contribution in [0.1, 0.15) is 46.0 Å². The summed E-state index contributed by atoms with van der Waals surface area (Å²) in [6, 6.07) is 0. The molecular formula is C9H17FO2. The predicted molar refractivity (Wildman–Crippen MR) is 45.8 cm³/mol. The molecular weight excluding hydrogens is 159 g/mol. The van der Waals surface area contributed by atoms with E-state index in [1.54, 1.807) is 6.92 Å². The smallest absolute Gasteiger partial charge is 0.437 e. The highest BCUT2D eigenvalue weighted by Crippen LogP contribution is 2.08. The van der Waals surface area contributed by atoms with Gasteiger partial charge in [-0.2, -0.15) is 0 Å². The molecule has 0 radical (unpaired) electrons. The molecule has 0 aliphatic heterocycles. The van der Waals surface area contributed by atoms with Crippen molar-refractivity contribution in [1.29, 1.82) is 0 Å². The maximum Gasteiger partial charge on any atom is 0.495 e. The third-order valence-corrected chi connectivity index (χ3v) is 1.76. The standard InChI is InChI=1S/C9H17FO2/c1-3-4-5-6-7-8(2)12-9(10)11/h8H,3-7H2,1-2H3. The van der Waals surface area contributed by atoms with Crippen LogP contribution in [0.25, 0.3) is 0 Å². The van der Waals surface area contributed by atoms with Crippen molar-refractivity contribution in [3.63, 3.8) is 0 Å². The van der Waals surface area contributed by atoms with Gasteiger partial charge in [-0.15, -0.1) is 4.39 Å². The Morgan fingerprint density at radius 2 is 2.08 bits per heavy atom. The first kappa shape index (κ1) is 11.4. The molecule has 0 saturated carbocycles. The Morgan fingerprint density at radius 1 is 1.42 bits per heavy atom. The zero-order valence-electron chi connectivity index (χ0n) is 7.81. The second-order valence-electron chi connectivity index (χ2n) is 3.02. The van der Waals surface area contributed by atoms with Crippen LogP contribution < -0.4 is 0 Å². The lowest BCUT2D eigenvalue weighted by molar-refractivity contribution is 0.0789. The molecule has 2 nitrogen and oxygen atoms in total. The van der Waals surface area contributed by atoms with Crippen LogP contribution in [0, 0.1) is 0 Å². The summed E-state index contributed by atoms with van der Waals surface area (Å²) < 4.78 is 16.0. The number of unbranched alkanes of at least 4 members (excludes halogenated alkanes) is 3. The summed E-state index contributed by atoms with van der Waals surface area (Å²) in [4.78, 5) is 9.85. The van der Waals surface area contributed by atoms with Gasteiger partial charge in [0.15, 0.2) is 0 Å². The number of rotatable bonds is 6. The van der Waals surface area contributed by atoms with Gasteiger partial charge in [0, 0.05) is 0 Å². The van der Waals surface area contributed by atoms with Gasteiger partial charge in [-0.3, -0.25) is 0 Å². The largest absolute Gasteiger partial charge is 0.495 e. The van der Waals surface area contributed by atoms with Crippen LogP contribution in [0.15, 0.2) is 0 Å². The van der Waals surface area contributed by atoms with E-state index in [4.69, 9.17) is 0 Å². The average molecular weight is 176 g/mol. The van der Waals surface area contributed by atoms with E-state index < -0.39 is 6.22 Å². The van der Waals surface area contributed by atoms with Crippen LogP contribution in [0.4, 0.5) is 9.18 Å². The van der Waals surface area contributed by atoms with Gasteiger partial charge in [0.1, 0.15) is 6.10 Å². The summed E-state index contributed by atoms with van der Waals surface area (Å²) in [5.41, 5.74) is 0. The minimum atomic E-state index is -1.67. The molecule has 0 amide bonds. The van der Waals surface area contributed by atoms with Gasteiger partial charge >= 0.3 is 6.22 Å². The average Bonchev–Trinajstić information content (AvgIpc) is 1.97. The molecule has 0 fully saturated rings. The van der Waals surface area contributed by atoms with Gasteiger partial charge in [0.2, 0.25) is 0 Å². The number of hydrogen-bond donors (Lipinski definition) is 0. The van der Waals surface area contributed by atoms with Crippen LogP contribution in [0.3, 0.4) is 0 Å². The van der Waals surface area contributed by atoms with Crippen molar-refractivity contribution in [2.75, 3.05) is 0 Å². The molecule has 0 bridgehead atoms. The highest BCUT2D eigenvalue weighted by Gasteiger charge is 2.06. The summed E-state index contributed by atoms with van der Waals surface area (Å²) in [7, 11) is 0. The fourth-order valence-electron chi connectivity index (χ4n) is 1.08. The van der Waals surface area contributed by atoms with E-state index in [1.807, 2.05) is 0 Å². The van der Waals surface area contributed by atoms with Crippen molar-refractivity contribution in [1.82, 2.24) is 0 Å². The molecule has 0 saturated heterocycles. The number of carbonyl (C=O) groups is 1. The number of carbonyl (C=O) groups excluding carboxylic acids is 1. The number of hydrogen-bond acceptors (Lipinski definition) is 2. The highest BCUT2D eigenvalue weighted by atomic mass is 19.1.